The molecule has 3 unspecified atom stereocenters. The molecule has 0 saturated carbocycles. The third kappa shape index (κ3) is 15.2. The molecule has 2 amide bonds. The fourth-order valence-corrected chi connectivity index (χ4v) is 7.37. The third-order valence-electron chi connectivity index (χ3n) is 10.3. The van der Waals surface area contributed by atoms with E-state index in [1.807, 2.05) is 67.6 Å². The molecule has 61 heavy (non-hydrogen) atoms. The average Bonchev–Trinajstić information content (AvgIpc) is 3.96. The lowest BCUT2D eigenvalue weighted by Crippen LogP contribution is -2.41. The van der Waals surface area contributed by atoms with E-state index in [1.165, 1.54) is 33.7 Å². The van der Waals surface area contributed by atoms with E-state index in [1.54, 1.807) is 49.2 Å². The Morgan fingerprint density at radius 3 is 1.48 bits per heavy atom. The van der Waals surface area contributed by atoms with Crippen LogP contribution in [-0.4, -0.2) is 74.8 Å². The topological polar surface area (TPSA) is 108 Å². The van der Waals surface area contributed by atoms with E-state index in [4.69, 9.17) is 23.7 Å². The van der Waals surface area contributed by atoms with E-state index in [9.17, 15) is 9.59 Å². The first kappa shape index (κ1) is 52.3. The van der Waals surface area contributed by atoms with Crippen molar-refractivity contribution in [3.05, 3.63) is 118 Å². The minimum absolute atomic E-state index is 0. The standard InChI is InChI=1S/C19H23NO2.C12H15NO.C10H17NO3.C7H7BrO.2CH4/c1-14-12-13-19(20-14,15-4-8-17(21-2)9-5-15)16-6-10-18(22-3)11-7-16;1-9-3-8-12(13-9)10-4-6-11(14-2)7-5-10;1-7-5-6-8(12)11(7)9(13)14-10(2,3)4;1-9-7-4-2-6(8)3-5-7;;/h4-11,14,20H,12-13H2,1-3H3;4-7,9H,3,8H2,1-2H3;7H,5-6H2,1-4H3;2-5H,1H3;2*1H4. The highest BCUT2D eigenvalue weighted by atomic mass is 79.9. The lowest BCUT2D eigenvalue weighted by Gasteiger charge is -2.32. The van der Waals surface area contributed by atoms with Gasteiger partial charge in [0.1, 0.15) is 28.6 Å². The molecule has 11 heteroatoms. The largest absolute Gasteiger partial charge is 0.497 e. The summed E-state index contributed by atoms with van der Waals surface area (Å²) >= 11 is 3.32. The number of nitrogens with one attached hydrogen (secondary N) is 1. The van der Waals surface area contributed by atoms with Crippen LogP contribution in [0.1, 0.15) is 112 Å². The molecule has 2 saturated heterocycles. The van der Waals surface area contributed by atoms with Crippen molar-refractivity contribution in [2.75, 3.05) is 28.4 Å². The van der Waals surface area contributed by atoms with Crippen molar-refractivity contribution >= 4 is 33.6 Å². The summed E-state index contributed by atoms with van der Waals surface area (Å²) in [5.74, 6) is 3.43. The second-order valence-corrected chi connectivity index (χ2v) is 16.8. The maximum atomic E-state index is 11.6. The summed E-state index contributed by atoms with van der Waals surface area (Å²) in [5.41, 5.74) is 4.36. The Hall–Kier alpha value is -4.87. The molecule has 0 radical (unpaired) electrons. The Morgan fingerprint density at radius 1 is 0.689 bits per heavy atom. The molecule has 4 aromatic carbocycles. The number of amides is 2. The van der Waals surface area contributed by atoms with Crippen molar-refractivity contribution in [1.82, 2.24) is 10.2 Å². The number of methoxy groups -OCH3 is 4. The van der Waals surface area contributed by atoms with Crippen LogP contribution in [0.3, 0.4) is 0 Å². The minimum Gasteiger partial charge on any atom is -0.497 e. The zero-order chi connectivity index (χ0) is 43.2. The molecule has 4 aromatic rings. The summed E-state index contributed by atoms with van der Waals surface area (Å²) in [6, 6.07) is 33.6. The van der Waals surface area contributed by atoms with Gasteiger partial charge in [0.15, 0.2) is 0 Å². The highest BCUT2D eigenvalue weighted by Crippen LogP contribution is 2.40. The van der Waals surface area contributed by atoms with Gasteiger partial charge in [-0.2, -0.15) is 0 Å². The van der Waals surface area contributed by atoms with E-state index in [0.29, 0.717) is 18.5 Å². The number of halogens is 1. The van der Waals surface area contributed by atoms with Gasteiger partial charge in [0.2, 0.25) is 5.91 Å². The number of hydrogen-bond acceptors (Lipinski definition) is 9. The van der Waals surface area contributed by atoms with E-state index < -0.39 is 11.7 Å². The van der Waals surface area contributed by atoms with Crippen LogP contribution in [0.15, 0.2) is 107 Å². The van der Waals surface area contributed by atoms with Crippen molar-refractivity contribution in [3.8, 4) is 23.0 Å². The smallest absolute Gasteiger partial charge is 0.417 e. The number of likely N-dealkylation sites (tertiary alicyclic amines) is 1. The van der Waals surface area contributed by atoms with Crippen LogP contribution in [0.2, 0.25) is 0 Å². The van der Waals surface area contributed by atoms with E-state index in [2.05, 4.69) is 76.5 Å². The third-order valence-corrected chi connectivity index (χ3v) is 10.9. The number of carbonyl (C=O) groups is 2. The maximum Gasteiger partial charge on any atom is 0.417 e. The number of imide groups is 1. The van der Waals surface area contributed by atoms with Gasteiger partial charge in [-0.15, -0.1) is 0 Å². The molecular weight excluding hydrogens is 834 g/mol. The first-order valence-corrected chi connectivity index (χ1v) is 21.0. The monoisotopic (exact) mass is 903 g/mol. The van der Waals surface area contributed by atoms with Crippen molar-refractivity contribution in [1.29, 1.82) is 0 Å². The Kier molecular flexibility index (Phi) is 21.0. The number of aliphatic imine (C=N–C) groups is 1. The highest BCUT2D eigenvalue weighted by Gasteiger charge is 2.40. The predicted octanol–water partition coefficient (Wildman–Crippen LogP) is 12.0. The molecule has 0 bridgehead atoms. The summed E-state index contributed by atoms with van der Waals surface area (Å²) in [6.07, 6.45) is 5.20. The molecule has 0 spiro atoms. The lowest BCUT2D eigenvalue weighted by atomic mass is 9.81. The fourth-order valence-electron chi connectivity index (χ4n) is 7.11. The van der Waals surface area contributed by atoms with E-state index in [0.717, 1.165) is 53.2 Å². The van der Waals surface area contributed by atoms with Crippen LogP contribution in [-0.2, 0) is 15.1 Å². The number of rotatable bonds is 7. The van der Waals surface area contributed by atoms with E-state index >= 15 is 0 Å². The second kappa shape index (κ2) is 24.5. The zero-order valence-electron chi connectivity index (χ0n) is 36.3. The predicted molar refractivity (Wildman–Crippen MR) is 253 cm³/mol. The lowest BCUT2D eigenvalue weighted by molar-refractivity contribution is -0.127. The van der Waals surface area contributed by atoms with Gasteiger partial charge in [-0.1, -0.05) is 55.0 Å². The van der Waals surface area contributed by atoms with Gasteiger partial charge < -0.3 is 29.0 Å². The van der Waals surface area contributed by atoms with Gasteiger partial charge >= 0.3 is 6.09 Å². The second-order valence-electron chi connectivity index (χ2n) is 15.9. The normalized spacial score (nSPS) is 18.5. The molecule has 1 N–H and O–H groups in total. The molecule has 0 aromatic heterocycles. The van der Waals surface area contributed by atoms with Crippen molar-refractivity contribution in [2.45, 2.75) is 124 Å². The number of ether oxygens (including phenoxy) is 5. The number of hydrogen-bond donors (Lipinski definition) is 1. The molecule has 0 aliphatic carbocycles. The van der Waals surface area contributed by atoms with Crippen molar-refractivity contribution in [3.63, 3.8) is 0 Å². The summed E-state index contributed by atoms with van der Waals surface area (Å²) in [5, 5.41) is 3.79. The van der Waals surface area contributed by atoms with Gasteiger partial charge in [-0.25, -0.2) is 9.69 Å². The van der Waals surface area contributed by atoms with Gasteiger partial charge in [0.25, 0.3) is 0 Å². The number of benzene rings is 4. The van der Waals surface area contributed by atoms with Crippen LogP contribution in [0.25, 0.3) is 0 Å². The zero-order valence-corrected chi connectivity index (χ0v) is 37.9. The first-order valence-electron chi connectivity index (χ1n) is 20.2. The van der Waals surface area contributed by atoms with Gasteiger partial charge in [-0.3, -0.25) is 9.79 Å². The fraction of sp³-hybridized carbons (Fsp3) is 0.460. The first-order chi connectivity index (χ1) is 28.1. The summed E-state index contributed by atoms with van der Waals surface area (Å²) in [6.45, 7) is 11.6. The molecule has 3 atom stereocenters. The molecule has 7 rings (SSSR count). The summed E-state index contributed by atoms with van der Waals surface area (Å²) in [7, 11) is 6.74. The Bertz CT molecular complexity index is 1900. The average molecular weight is 905 g/mol. The van der Waals surface area contributed by atoms with Crippen LogP contribution < -0.4 is 24.3 Å². The summed E-state index contributed by atoms with van der Waals surface area (Å²) in [4.78, 5) is 28.7. The Labute approximate surface area is 374 Å². The van der Waals surface area contributed by atoms with Crippen LogP contribution in [0.5, 0.6) is 23.0 Å². The number of nitrogens with zero attached hydrogens (tertiary/aromatic N) is 2. The van der Waals surface area contributed by atoms with Crippen molar-refractivity contribution in [2.24, 2.45) is 4.99 Å². The van der Waals surface area contributed by atoms with Crippen molar-refractivity contribution < 1.29 is 33.3 Å². The van der Waals surface area contributed by atoms with Crippen LogP contribution in [0.4, 0.5) is 4.79 Å². The molecule has 10 nitrogen and oxygen atoms in total. The van der Waals surface area contributed by atoms with Crippen LogP contribution in [0, 0.1) is 0 Å². The molecular formula is C50H70BrN3O7. The highest BCUT2D eigenvalue weighted by molar-refractivity contribution is 9.10. The number of carbonyl (C=O) groups excluding carboxylic acids is 2. The Morgan fingerprint density at radius 2 is 1.13 bits per heavy atom. The molecule has 3 aliphatic heterocycles. The molecule has 2 fully saturated rings. The minimum atomic E-state index is -0.542. The SMILES string of the molecule is C.C.CC1CCC(=O)N1C(=O)OC(C)(C)C.COc1ccc(Br)cc1.COc1ccc(C2(c3ccc(OC)cc3)CCC(C)N2)cc1.COc1ccc(C2=NC(C)CC2)cc1. The van der Waals surface area contributed by atoms with Crippen LogP contribution >= 0.6 is 15.9 Å². The summed E-state index contributed by atoms with van der Waals surface area (Å²) < 4.78 is 26.8. The Balaban J connectivity index is 0.000000290. The van der Waals surface area contributed by atoms with Gasteiger partial charge in [0.05, 0.1) is 34.0 Å². The van der Waals surface area contributed by atoms with Gasteiger partial charge in [-0.05, 0) is 163 Å². The molecule has 3 aliphatic rings. The maximum absolute atomic E-state index is 11.6. The quantitative estimate of drug-likeness (QED) is 0.195. The molecule has 3 heterocycles. The van der Waals surface area contributed by atoms with Gasteiger partial charge in [0, 0.05) is 34.7 Å². The van der Waals surface area contributed by atoms with E-state index in [-0.39, 0.29) is 32.3 Å². The molecule has 334 valence electrons.